The molecule has 0 aromatic heterocycles. The Labute approximate surface area is 119 Å². The van der Waals surface area contributed by atoms with Crippen LogP contribution in [0.3, 0.4) is 0 Å². The summed E-state index contributed by atoms with van der Waals surface area (Å²) in [4.78, 5) is 34.4. The molecular weight excluding hydrogens is 280 g/mol. The predicted octanol–water partition coefficient (Wildman–Crippen LogP) is 1.95. The average Bonchev–Trinajstić information content (AvgIpc) is 2.86. The van der Waals surface area contributed by atoms with Crippen molar-refractivity contribution in [2.24, 2.45) is 5.92 Å². The van der Waals surface area contributed by atoms with Gasteiger partial charge in [0.15, 0.2) is 0 Å². The van der Waals surface area contributed by atoms with E-state index in [4.69, 9.17) is 13.3 Å². The van der Waals surface area contributed by atoms with Crippen molar-refractivity contribution in [2.45, 2.75) is 57.9 Å². The number of hydrogen-bond acceptors (Lipinski definition) is 6. The minimum absolute atomic E-state index is 0.472. The number of fused-ring (bicyclic) bond motifs is 2. The number of rotatable bonds is 4. The summed E-state index contributed by atoms with van der Waals surface area (Å²) in [5.74, 6) is -1.19. The van der Waals surface area contributed by atoms with Crippen molar-refractivity contribution in [1.29, 1.82) is 0 Å². The van der Waals surface area contributed by atoms with Crippen molar-refractivity contribution in [2.75, 3.05) is 0 Å². The molecule has 2 aliphatic rings. The van der Waals surface area contributed by atoms with E-state index < -0.39 is 31.8 Å². The normalized spacial score (nSPS) is 28.1. The maximum absolute atomic E-state index is 11.5. The Morgan fingerprint density at radius 2 is 1.30 bits per heavy atom. The van der Waals surface area contributed by atoms with Crippen molar-refractivity contribution in [3.8, 4) is 0 Å². The van der Waals surface area contributed by atoms with Crippen LogP contribution in [-0.2, 0) is 27.7 Å². The SMILES string of the molecule is CC(=O)O[Si](OC(C)=O)(OC(C)=O)C12CCC(CC1)C2. The number of carbonyl (C=O) groups is 3. The molecule has 0 heterocycles. The van der Waals surface area contributed by atoms with Gasteiger partial charge < -0.3 is 13.3 Å². The quantitative estimate of drug-likeness (QED) is 0.738. The van der Waals surface area contributed by atoms with Gasteiger partial charge in [-0.2, -0.15) is 0 Å². The minimum atomic E-state index is -3.71. The van der Waals surface area contributed by atoms with Gasteiger partial charge >= 0.3 is 8.80 Å². The van der Waals surface area contributed by atoms with Crippen molar-refractivity contribution in [3.05, 3.63) is 0 Å². The molecule has 0 N–H and O–H groups in total. The summed E-state index contributed by atoms with van der Waals surface area (Å²) < 4.78 is 16.1. The molecule has 0 radical (unpaired) electrons. The van der Waals surface area contributed by atoms with Gasteiger partial charge in [-0.15, -0.1) is 0 Å². The van der Waals surface area contributed by atoms with E-state index in [1.54, 1.807) is 0 Å². The third kappa shape index (κ3) is 2.59. The summed E-state index contributed by atoms with van der Waals surface area (Å²) in [7, 11) is -3.71. The molecule has 112 valence electrons. The molecule has 2 fully saturated rings. The minimum Gasteiger partial charge on any atom is -0.455 e. The first-order valence-corrected chi connectivity index (χ1v) is 8.60. The highest BCUT2D eigenvalue weighted by molar-refractivity contribution is 6.69. The highest BCUT2D eigenvalue weighted by Gasteiger charge is 2.72. The Bertz CT molecular complexity index is 397. The van der Waals surface area contributed by atoms with Crippen LogP contribution in [0.1, 0.15) is 52.9 Å². The molecule has 20 heavy (non-hydrogen) atoms. The zero-order valence-corrected chi connectivity index (χ0v) is 13.1. The second-order valence-electron chi connectivity index (χ2n) is 5.76. The topological polar surface area (TPSA) is 78.9 Å². The van der Waals surface area contributed by atoms with Gasteiger partial charge in [0.05, 0.1) is 5.04 Å². The lowest BCUT2D eigenvalue weighted by Gasteiger charge is -2.38. The standard InChI is InChI=1S/C13H20O6Si/c1-9(14)17-20(18-10(2)15,19-11(3)16)13-6-4-12(8-13)5-7-13/h12H,4-8H2,1-3H3. The van der Waals surface area contributed by atoms with E-state index in [2.05, 4.69) is 0 Å². The fourth-order valence-electron chi connectivity index (χ4n) is 3.58. The van der Waals surface area contributed by atoms with Crippen molar-refractivity contribution in [3.63, 3.8) is 0 Å². The first-order chi connectivity index (χ1) is 9.28. The Balaban J connectivity index is 2.40. The largest absolute Gasteiger partial charge is 0.711 e. The van der Waals surface area contributed by atoms with Crippen molar-refractivity contribution >= 4 is 26.7 Å². The third-order valence-electron chi connectivity index (χ3n) is 4.23. The molecular formula is C13H20O6Si. The van der Waals surface area contributed by atoms with Gasteiger partial charge in [-0.1, -0.05) is 0 Å². The van der Waals surface area contributed by atoms with Crippen LogP contribution in [0.25, 0.3) is 0 Å². The molecule has 6 nitrogen and oxygen atoms in total. The average molecular weight is 300 g/mol. The molecule has 7 heteroatoms. The van der Waals surface area contributed by atoms with Crippen LogP contribution >= 0.6 is 0 Å². The Morgan fingerprint density at radius 1 is 0.900 bits per heavy atom. The number of hydrogen-bond donors (Lipinski definition) is 0. The Hall–Kier alpha value is -1.37. The zero-order valence-electron chi connectivity index (χ0n) is 12.1. The summed E-state index contributed by atoms with van der Waals surface area (Å²) in [6, 6.07) is 0. The molecule has 0 unspecified atom stereocenters. The summed E-state index contributed by atoms with van der Waals surface area (Å²) >= 11 is 0. The summed E-state index contributed by atoms with van der Waals surface area (Å²) in [6.45, 7) is 3.73. The van der Waals surface area contributed by atoms with Gasteiger partial charge in [0.2, 0.25) is 0 Å². The molecule has 0 atom stereocenters. The smallest absolute Gasteiger partial charge is 0.455 e. The molecule has 2 bridgehead atoms. The van der Waals surface area contributed by atoms with Crippen LogP contribution in [0.2, 0.25) is 5.04 Å². The lowest BCUT2D eigenvalue weighted by Crippen LogP contribution is -2.57. The highest BCUT2D eigenvalue weighted by Crippen LogP contribution is 2.65. The summed E-state index contributed by atoms with van der Waals surface area (Å²) in [6.07, 6.45) is 4.35. The van der Waals surface area contributed by atoms with Crippen LogP contribution in [0.4, 0.5) is 0 Å². The van der Waals surface area contributed by atoms with Crippen LogP contribution < -0.4 is 0 Å². The molecule has 2 rings (SSSR count). The van der Waals surface area contributed by atoms with E-state index in [0.29, 0.717) is 5.92 Å². The molecule has 0 saturated heterocycles. The van der Waals surface area contributed by atoms with E-state index in [1.165, 1.54) is 20.8 Å². The van der Waals surface area contributed by atoms with Gasteiger partial charge in [-0.25, -0.2) is 0 Å². The van der Waals surface area contributed by atoms with Crippen LogP contribution in [0.5, 0.6) is 0 Å². The third-order valence-corrected chi connectivity index (χ3v) is 7.90. The van der Waals surface area contributed by atoms with Gasteiger partial charge in [-0.05, 0) is 38.0 Å². The van der Waals surface area contributed by atoms with E-state index in [9.17, 15) is 14.4 Å². The molecule has 0 aromatic carbocycles. The van der Waals surface area contributed by atoms with Crippen molar-refractivity contribution < 1.29 is 27.7 Å². The fourth-order valence-corrected chi connectivity index (χ4v) is 6.93. The lowest BCUT2D eigenvalue weighted by molar-refractivity contribution is -0.149. The monoisotopic (exact) mass is 300 g/mol. The van der Waals surface area contributed by atoms with Crippen LogP contribution in [0.15, 0.2) is 0 Å². The molecule has 2 saturated carbocycles. The maximum atomic E-state index is 11.5. The molecule has 0 amide bonds. The summed E-state index contributed by atoms with van der Waals surface area (Å²) in [5.41, 5.74) is 0. The summed E-state index contributed by atoms with van der Waals surface area (Å²) in [5, 5.41) is -0.472. The fraction of sp³-hybridized carbons (Fsp3) is 0.769. The Morgan fingerprint density at radius 3 is 1.55 bits per heavy atom. The first kappa shape index (κ1) is 15.0. The van der Waals surface area contributed by atoms with Gasteiger partial charge in [-0.3, -0.25) is 14.4 Å². The van der Waals surface area contributed by atoms with Crippen LogP contribution in [-0.4, -0.2) is 26.7 Å². The van der Waals surface area contributed by atoms with E-state index in [0.717, 1.165) is 32.1 Å². The van der Waals surface area contributed by atoms with Crippen LogP contribution in [0, 0.1) is 5.92 Å². The second-order valence-corrected chi connectivity index (χ2v) is 8.55. The van der Waals surface area contributed by atoms with E-state index in [-0.39, 0.29) is 0 Å². The van der Waals surface area contributed by atoms with Gasteiger partial charge in [0.1, 0.15) is 0 Å². The second kappa shape index (κ2) is 5.20. The molecule has 0 spiro atoms. The zero-order chi connectivity index (χ0) is 15.0. The van der Waals surface area contributed by atoms with E-state index >= 15 is 0 Å². The van der Waals surface area contributed by atoms with Gasteiger partial charge in [0.25, 0.3) is 17.9 Å². The number of carbonyl (C=O) groups excluding carboxylic acids is 3. The highest BCUT2D eigenvalue weighted by atomic mass is 28.4. The molecule has 2 aliphatic carbocycles. The lowest BCUT2D eigenvalue weighted by atomic mass is 10.0. The maximum Gasteiger partial charge on any atom is 0.711 e. The molecule has 0 aliphatic heterocycles. The predicted molar refractivity (Wildman–Crippen MR) is 70.3 cm³/mol. The Kier molecular flexibility index (Phi) is 3.90. The van der Waals surface area contributed by atoms with Gasteiger partial charge in [0, 0.05) is 20.8 Å². The molecule has 0 aromatic rings. The van der Waals surface area contributed by atoms with Crippen molar-refractivity contribution in [1.82, 2.24) is 0 Å². The van der Waals surface area contributed by atoms with E-state index in [1.807, 2.05) is 0 Å². The first-order valence-electron chi connectivity index (χ1n) is 6.87.